The number of methoxy groups -OCH3 is 1. The molecule has 3 rings (SSSR count). The Morgan fingerprint density at radius 3 is 3.00 bits per heavy atom. The SMILES string of the molecule is COc1ccccc1CNC(=O)[C@H]1CNC[C@@H]1c1cnn(C)c1. The van der Waals surface area contributed by atoms with Gasteiger partial charge in [0.1, 0.15) is 5.75 Å². The zero-order valence-corrected chi connectivity index (χ0v) is 13.5. The van der Waals surface area contributed by atoms with Gasteiger partial charge in [-0.05, 0) is 11.6 Å². The molecule has 0 aliphatic carbocycles. The summed E-state index contributed by atoms with van der Waals surface area (Å²) >= 11 is 0. The van der Waals surface area contributed by atoms with Crippen LogP contribution in [0.25, 0.3) is 0 Å². The molecule has 2 aromatic rings. The number of carbonyl (C=O) groups excluding carboxylic acids is 1. The van der Waals surface area contributed by atoms with E-state index in [-0.39, 0.29) is 17.7 Å². The second-order valence-corrected chi connectivity index (χ2v) is 5.85. The van der Waals surface area contributed by atoms with Crippen molar-refractivity contribution < 1.29 is 9.53 Å². The minimum Gasteiger partial charge on any atom is -0.496 e. The van der Waals surface area contributed by atoms with Crippen molar-refractivity contribution in [3.63, 3.8) is 0 Å². The van der Waals surface area contributed by atoms with Gasteiger partial charge in [-0.2, -0.15) is 5.10 Å². The summed E-state index contributed by atoms with van der Waals surface area (Å²) in [7, 11) is 3.53. The Labute approximate surface area is 135 Å². The highest BCUT2D eigenvalue weighted by atomic mass is 16.5. The van der Waals surface area contributed by atoms with Crippen LogP contribution in [0.5, 0.6) is 5.75 Å². The van der Waals surface area contributed by atoms with Crippen LogP contribution < -0.4 is 15.4 Å². The van der Waals surface area contributed by atoms with E-state index in [0.29, 0.717) is 13.1 Å². The van der Waals surface area contributed by atoms with Gasteiger partial charge in [0.15, 0.2) is 0 Å². The number of para-hydroxylation sites is 1. The highest BCUT2D eigenvalue weighted by Crippen LogP contribution is 2.28. The number of nitrogens with zero attached hydrogens (tertiary/aromatic N) is 2. The van der Waals surface area contributed by atoms with Gasteiger partial charge in [0.05, 0.1) is 19.2 Å². The van der Waals surface area contributed by atoms with Gasteiger partial charge in [-0.15, -0.1) is 0 Å². The molecule has 6 nitrogen and oxygen atoms in total. The number of hydrogen-bond acceptors (Lipinski definition) is 4. The Kier molecular flexibility index (Phi) is 4.62. The lowest BCUT2D eigenvalue weighted by Crippen LogP contribution is -2.34. The third-order valence-corrected chi connectivity index (χ3v) is 4.35. The summed E-state index contributed by atoms with van der Waals surface area (Å²) < 4.78 is 7.10. The van der Waals surface area contributed by atoms with Crippen molar-refractivity contribution in [1.82, 2.24) is 20.4 Å². The average molecular weight is 314 g/mol. The summed E-state index contributed by atoms with van der Waals surface area (Å²) in [6, 6.07) is 7.73. The van der Waals surface area contributed by atoms with Gasteiger partial charge in [0, 0.05) is 44.4 Å². The van der Waals surface area contributed by atoms with E-state index >= 15 is 0 Å². The van der Waals surface area contributed by atoms with Crippen molar-refractivity contribution in [3.05, 3.63) is 47.8 Å². The van der Waals surface area contributed by atoms with Crippen molar-refractivity contribution >= 4 is 5.91 Å². The number of benzene rings is 1. The monoisotopic (exact) mass is 314 g/mol. The molecule has 1 aliphatic rings. The Hall–Kier alpha value is -2.34. The number of amides is 1. The van der Waals surface area contributed by atoms with E-state index < -0.39 is 0 Å². The lowest BCUT2D eigenvalue weighted by molar-refractivity contribution is -0.125. The first kappa shape index (κ1) is 15.6. The molecule has 122 valence electrons. The zero-order valence-electron chi connectivity index (χ0n) is 13.5. The molecule has 1 aromatic carbocycles. The molecule has 1 amide bonds. The van der Waals surface area contributed by atoms with Crippen LogP contribution in [0.15, 0.2) is 36.7 Å². The van der Waals surface area contributed by atoms with Crippen LogP contribution in [0, 0.1) is 5.92 Å². The second kappa shape index (κ2) is 6.83. The van der Waals surface area contributed by atoms with Crippen molar-refractivity contribution in [2.24, 2.45) is 13.0 Å². The topological polar surface area (TPSA) is 68.2 Å². The first-order valence-electron chi connectivity index (χ1n) is 7.78. The maximum Gasteiger partial charge on any atom is 0.225 e. The molecule has 23 heavy (non-hydrogen) atoms. The summed E-state index contributed by atoms with van der Waals surface area (Å²) in [6.45, 7) is 1.97. The maximum absolute atomic E-state index is 12.6. The fourth-order valence-electron chi connectivity index (χ4n) is 3.10. The van der Waals surface area contributed by atoms with Gasteiger partial charge in [-0.3, -0.25) is 9.48 Å². The van der Waals surface area contributed by atoms with E-state index in [1.807, 2.05) is 43.7 Å². The Bertz CT molecular complexity index is 683. The molecule has 1 aliphatic heterocycles. The quantitative estimate of drug-likeness (QED) is 0.865. The molecule has 2 N–H and O–H groups in total. The van der Waals surface area contributed by atoms with Crippen LogP contribution in [0.2, 0.25) is 0 Å². The highest BCUT2D eigenvalue weighted by molar-refractivity contribution is 5.80. The van der Waals surface area contributed by atoms with Gasteiger partial charge in [0.2, 0.25) is 5.91 Å². The fraction of sp³-hybridized carbons (Fsp3) is 0.412. The molecule has 0 unspecified atom stereocenters. The molecule has 0 spiro atoms. The predicted octanol–water partition coefficient (Wildman–Crippen LogP) is 1.05. The molecule has 0 bridgehead atoms. The third kappa shape index (κ3) is 3.37. The highest BCUT2D eigenvalue weighted by Gasteiger charge is 2.34. The van der Waals surface area contributed by atoms with Crippen LogP contribution in [-0.4, -0.2) is 35.9 Å². The summed E-state index contributed by atoms with van der Waals surface area (Å²) in [5.41, 5.74) is 2.09. The van der Waals surface area contributed by atoms with E-state index in [1.165, 1.54) is 0 Å². The molecular weight excluding hydrogens is 292 g/mol. The molecule has 0 radical (unpaired) electrons. The largest absolute Gasteiger partial charge is 0.496 e. The standard InChI is InChI=1S/C17H22N4O2/c1-21-11-13(8-20-21)14-9-18-10-15(14)17(22)19-7-12-5-3-4-6-16(12)23-2/h3-6,8,11,14-15,18H,7,9-10H2,1-2H3,(H,19,22)/t14-,15+/m1/s1. The second-order valence-electron chi connectivity index (χ2n) is 5.85. The number of nitrogens with one attached hydrogen (secondary N) is 2. The summed E-state index contributed by atoms with van der Waals surface area (Å²) in [5.74, 6) is 0.950. The van der Waals surface area contributed by atoms with Crippen LogP contribution in [0.1, 0.15) is 17.0 Å². The van der Waals surface area contributed by atoms with E-state index in [4.69, 9.17) is 4.74 Å². The predicted molar refractivity (Wildman–Crippen MR) is 87.1 cm³/mol. The van der Waals surface area contributed by atoms with Crippen molar-refractivity contribution in [3.8, 4) is 5.75 Å². The van der Waals surface area contributed by atoms with Gasteiger partial charge in [-0.1, -0.05) is 18.2 Å². The van der Waals surface area contributed by atoms with Gasteiger partial charge in [-0.25, -0.2) is 0 Å². The van der Waals surface area contributed by atoms with Crippen LogP contribution in [0.3, 0.4) is 0 Å². The normalized spacial score (nSPS) is 20.4. The van der Waals surface area contributed by atoms with Gasteiger partial charge in [0.25, 0.3) is 0 Å². The minimum atomic E-state index is -0.0751. The number of aryl methyl sites for hydroxylation is 1. The molecule has 1 aromatic heterocycles. The molecule has 6 heteroatoms. The smallest absolute Gasteiger partial charge is 0.225 e. The van der Waals surface area contributed by atoms with E-state index in [0.717, 1.165) is 23.4 Å². The number of carbonyl (C=O) groups is 1. The van der Waals surface area contributed by atoms with Crippen molar-refractivity contribution in [1.29, 1.82) is 0 Å². The number of aromatic nitrogens is 2. The van der Waals surface area contributed by atoms with E-state index in [1.54, 1.807) is 11.8 Å². The van der Waals surface area contributed by atoms with Crippen LogP contribution in [0.4, 0.5) is 0 Å². The Balaban J connectivity index is 1.65. The lowest BCUT2D eigenvalue weighted by Gasteiger charge is -2.17. The molecule has 1 saturated heterocycles. The summed E-state index contributed by atoms with van der Waals surface area (Å²) in [4.78, 5) is 12.6. The van der Waals surface area contributed by atoms with Crippen molar-refractivity contribution in [2.75, 3.05) is 20.2 Å². The number of ether oxygens (including phenoxy) is 1. The summed E-state index contributed by atoms with van der Waals surface area (Å²) in [5, 5.41) is 10.6. The fourth-order valence-corrected chi connectivity index (χ4v) is 3.10. The molecule has 1 fully saturated rings. The van der Waals surface area contributed by atoms with E-state index in [9.17, 15) is 4.79 Å². The molecule has 2 atom stereocenters. The molecular formula is C17H22N4O2. The van der Waals surface area contributed by atoms with Crippen LogP contribution in [-0.2, 0) is 18.4 Å². The number of hydrogen-bond donors (Lipinski definition) is 2. The van der Waals surface area contributed by atoms with Gasteiger partial charge < -0.3 is 15.4 Å². The van der Waals surface area contributed by atoms with E-state index in [2.05, 4.69) is 15.7 Å². The first-order valence-corrected chi connectivity index (χ1v) is 7.78. The van der Waals surface area contributed by atoms with Crippen LogP contribution >= 0.6 is 0 Å². The first-order chi connectivity index (χ1) is 11.2. The Morgan fingerprint density at radius 1 is 1.43 bits per heavy atom. The number of rotatable bonds is 5. The molecule has 0 saturated carbocycles. The zero-order chi connectivity index (χ0) is 16.2. The lowest BCUT2D eigenvalue weighted by atomic mass is 9.90. The molecule has 2 heterocycles. The minimum absolute atomic E-state index is 0.0646. The third-order valence-electron chi connectivity index (χ3n) is 4.35. The summed E-state index contributed by atoms with van der Waals surface area (Å²) in [6.07, 6.45) is 3.83. The van der Waals surface area contributed by atoms with Gasteiger partial charge >= 0.3 is 0 Å². The Morgan fingerprint density at radius 2 is 2.26 bits per heavy atom. The van der Waals surface area contributed by atoms with Crippen molar-refractivity contribution in [2.45, 2.75) is 12.5 Å². The average Bonchev–Trinajstić information content (AvgIpc) is 3.21. The maximum atomic E-state index is 12.6.